The van der Waals surface area contributed by atoms with Gasteiger partial charge in [0.15, 0.2) is 0 Å². The molecule has 1 aliphatic rings. The van der Waals surface area contributed by atoms with E-state index in [1.807, 2.05) is 13.0 Å². The molecule has 1 atom stereocenters. The van der Waals surface area contributed by atoms with E-state index < -0.39 is 10.0 Å². The predicted molar refractivity (Wildman–Crippen MR) is 81.5 cm³/mol. The Morgan fingerprint density at radius 3 is 2.55 bits per heavy atom. The lowest BCUT2D eigenvalue weighted by Crippen LogP contribution is -2.34. The van der Waals surface area contributed by atoms with Gasteiger partial charge in [-0.25, -0.2) is 13.1 Å². The molecule has 0 spiro atoms. The molecule has 1 aromatic rings. The molecule has 0 aliphatic heterocycles. The topological polar surface area (TPSA) is 99.1 Å². The summed E-state index contributed by atoms with van der Waals surface area (Å²) >= 11 is 0. The summed E-state index contributed by atoms with van der Waals surface area (Å²) in [6, 6.07) is 7.79. The van der Waals surface area contributed by atoms with Gasteiger partial charge in [0, 0.05) is 24.6 Å². The second-order valence-electron chi connectivity index (χ2n) is 5.43. The summed E-state index contributed by atoms with van der Waals surface area (Å²) in [5, 5.41) is 11.3. The highest BCUT2D eigenvalue weighted by atomic mass is 32.2. The van der Waals surface area contributed by atoms with Crippen LogP contribution in [0.3, 0.4) is 0 Å². The summed E-state index contributed by atoms with van der Waals surface area (Å²) < 4.78 is 26.2. The van der Waals surface area contributed by atoms with Crippen molar-refractivity contribution in [1.82, 2.24) is 10.0 Å². The minimum Gasteiger partial charge on any atom is -0.349 e. The highest BCUT2D eigenvalue weighted by Crippen LogP contribution is 2.32. The maximum Gasteiger partial charge on any atom is 0.251 e. The number of carbonyl (C=O) groups excluding carboxylic acids is 1. The number of hydrogen-bond acceptors (Lipinski definition) is 4. The second-order valence-corrected chi connectivity index (χ2v) is 7.20. The smallest absolute Gasteiger partial charge is 0.251 e. The maximum atomic E-state index is 12.0. The first-order valence-electron chi connectivity index (χ1n) is 7.21. The number of benzene rings is 1. The Hall–Kier alpha value is -1.91. The van der Waals surface area contributed by atoms with Crippen molar-refractivity contribution in [3.05, 3.63) is 29.8 Å². The molecule has 1 aliphatic carbocycles. The summed E-state index contributed by atoms with van der Waals surface area (Å²) in [6.45, 7) is 2.05. The first-order valence-corrected chi connectivity index (χ1v) is 8.70. The molecule has 7 heteroatoms. The van der Waals surface area contributed by atoms with Crippen LogP contribution in [0.25, 0.3) is 0 Å². The van der Waals surface area contributed by atoms with Gasteiger partial charge in [0.2, 0.25) is 10.0 Å². The largest absolute Gasteiger partial charge is 0.349 e. The van der Waals surface area contributed by atoms with Gasteiger partial charge in [-0.05, 0) is 49.9 Å². The molecule has 1 saturated carbocycles. The number of nitrogens with zero attached hydrogens (tertiary/aromatic N) is 1. The van der Waals surface area contributed by atoms with E-state index in [9.17, 15) is 13.2 Å². The molecule has 0 radical (unpaired) electrons. The molecule has 2 N–H and O–H groups in total. The summed E-state index contributed by atoms with van der Waals surface area (Å²) in [5.41, 5.74) is 0.434. The minimum atomic E-state index is -3.63. The Kier molecular flexibility index (Phi) is 5.16. The van der Waals surface area contributed by atoms with Crippen molar-refractivity contribution < 1.29 is 13.2 Å². The molecule has 1 amide bonds. The highest BCUT2D eigenvalue weighted by molar-refractivity contribution is 7.89. The van der Waals surface area contributed by atoms with Crippen LogP contribution in [0.1, 0.15) is 36.5 Å². The molecule has 0 unspecified atom stereocenters. The molecule has 0 bridgehead atoms. The van der Waals surface area contributed by atoms with Crippen molar-refractivity contribution >= 4 is 15.9 Å². The molecule has 22 heavy (non-hydrogen) atoms. The maximum absolute atomic E-state index is 12.0. The molecule has 2 rings (SSSR count). The van der Waals surface area contributed by atoms with Gasteiger partial charge in [-0.1, -0.05) is 0 Å². The van der Waals surface area contributed by atoms with Crippen LogP contribution in [0.5, 0.6) is 0 Å². The molecule has 6 nitrogen and oxygen atoms in total. The van der Waals surface area contributed by atoms with E-state index in [-0.39, 0.29) is 29.8 Å². The number of hydrogen-bond donors (Lipinski definition) is 2. The summed E-state index contributed by atoms with van der Waals surface area (Å²) in [7, 11) is -3.63. The Balaban J connectivity index is 2.00. The lowest BCUT2D eigenvalue weighted by Gasteiger charge is -2.13. The van der Waals surface area contributed by atoms with Crippen LogP contribution in [0, 0.1) is 17.2 Å². The van der Waals surface area contributed by atoms with Crippen LogP contribution in [-0.4, -0.2) is 26.9 Å². The molecular weight excluding hydrogens is 302 g/mol. The zero-order valence-corrected chi connectivity index (χ0v) is 13.2. The van der Waals surface area contributed by atoms with Gasteiger partial charge >= 0.3 is 0 Å². The van der Waals surface area contributed by atoms with Crippen LogP contribution < -0.4 is 10.0 Å². The van der Waals surface area contributed by atoms with Gasteiger partial charge in [-0.2, -0.15) is 5.26 Å². The minimum absolute atomic E-state index is 0.0694. The number of rotatable bonds is 7. The molecule has 0 saturated heterocycles. The monoisotopic (exact) mass is 321 g/mol. The lowest BCUT2D eigenvalue weighted by atomic mass is 10.1. The van der Waals surface area contributed by atoms with E-state index in [4.69, 9.17) is 5.26 Å². The SMILES string of the molecule is C[C@@H](NC(=O)c1ccc(S(=O)(=O)NCCC#N)cc1)C1CC1. The standard InChI is InChI=1S/C15H19N3O3S/c1-11(12-3-4-12)18-15(19)13-5-7-14(8-6-13)22(20,21)17-10-2-9-16/h5-8,11-12,17H,2-4,10H2,1H3,(H,18,19)/t11-/m1/s1. The summed E-state index contributed by atoms with van der Waals surface area (Å²) in [6.07, 6.45) is 2.40. The van der Waals surface area contributed by atoms with Crippen LogP contribution >= 0.6 is 0 Å². The zero-order chi connectivity index (χ0) is 16.2. The van der Waals surface area contributed by atoms with E-state index in [1.54, 1.807) is 0 Å². The zero-order valence-electron chi connectivity index (χ0n) is 12.4. The van der Waals surface area contributed by atoms with E-state index >= 15 is 0 Å². The normalized spacial score (nSPS) is 15.8. The summed E-state index contributed by atoms with van der Waals surface area (Å²) in [5.74, 6) is 0.369. The first kappa shape index (κ1) is 16.5. The average molecular weight is 321 g/mol. The number of sulfonamides is 1. The van der Waals surface area contributed by atoms with Gasteiger partial charge < -0.3 is 5.32 Å². The quantitative estimate of drug-likeness (QED) is 0.742. The Bertz CT molecular complexity index is 673. The molecule has 118 valence electrons. The van der Waals surface area contributed by atoms with E-state index in [0.29, 0.717) is 11.5 Å². The fourth-order valence-electron chi connectivity index (χ4n) is 2.11. The van der Waals surface area contributed by atoms with Gasteiger partial charge in [0.05, 0.1) is 11.0 Å². The third-order valence-electron chi connectivity index (χ3n) is 3.64. The van der Waals surface area contributed by atoms with E-state index in [0.717, 1.165) is 12.8 Å². The Morgan fingerprint density at radius 1 is 1.36 bits per heavy atom. The van der Waals surface area contributed by atoms with Crippen molar-refractivity contribution in [2.24, 2.45) is 5.92 Å². The van der Waals surface area contributed by atoms with Crippen molar-refractivity contribution in [3.63, 3.8) is 0 Å². The predicted octanol–water partition coefficient (Wildman–Crippen LogP) is 1.41. The van der Waals surface area contributed by atoms with E-state index in [1.165, 1.54) is 24.3 Å². The molecule has 0 heterocycles. The lowest BCUT2D eigenvalue weighted by molar-refractivity contribution is 0.0935. The number of nitrogens with one attached hydrogen (secondary N) is 2. The molecular formula is C15H19N3O3S. The first-order chi connectivity index (χ1) is 10.4. The van der Waals surface area contributed by atoms with E-state index in [2.05, 4.69) is 10.0 Å². The highest BCUT2D eigenvalue weighted by Gasteiger charge is 2.29. The Labute approximate surface area is 130 Å². The number of nitriles is 1. The van der Waals surface area contributed by atoms with Crippen LogP contribution in [0.2, 0.25) is 0 Å². The van der Waals surface area contributed by atoms with Crippen LogP contribution in [0.15, 0.2) is 29.2 Å². The fourth-order valence-corrected chi connectivity index (χ4v) is 3.15. The molecule has 0 aromatic heterocycles. The van der Waals surface area contributed by atoms with Gasteiger partial charge in [0.1, 0.15) is 0 Å². The fraction of sp³-hybridized carbons (Fsp3) is 0.467. The van der Waals surface area contributed by atoms with Crippen LogP contribution in [-0.2, 0) is 10.0 Å². The van der Waals surface area contributed by atoms with Gasteiger partial charge in [-0.15, -0.1) is 0 Å². The van der Waals surface area contributed by atoms with Crippen LogP contribution in [0.4, 0.5) is 0 Å². The third-order valence-corrected chi connectivity index (χ3v) is 5.12. The second kappa shape index (κ2) is 6.90. The molecule has 1 fully saturated rings. The number of carbonyl (C=O) groups is 1. The van der Waals surface area contributed by atoms with Crippen molar-refractivity contribution in [1.29, 1.82) is 5.26 Å². The Morgan fingerprint density at radius 2 is 2.00 bits per heavy atom. The molecule has 1 aromatic carbocycles. The van der Waals surface area contributed by atoms with Crippen molar-refractivity contribution in [2.75, 3.05) is 6.54 Å². The third kappa shape index (κ3) is 4.29. The van der Waals surface area contributed by atoms with Crippen molar-refractivity contribution in [2.45, 2.75) is 37.1 Å². The van der Waals surface area contributed by atoms with Gasteiger partial charge in [0.25, 0.3) is 5.91 Å². The number of amides is 1. The summed E-state index contributed by atoms with van der Waals surface area (Å²) in [4.78, 5) is 12.1. The van der Waals surface area contributed by atoms with Gasteiger partial charge in [-0.3, -0.25) is 4.79 Å². The van der Waals surface area contributed by atoms with Crippen molar-refractivity contribution in [3.8, 4) is 6.07 Å². The average Bonchev–Trinajstić information content (AvgIpc) is 3.32.